The molecule has 0 aliphatic carbocycles. The van der Waals surface area contributed by atoms with Gasteiger partial charge in [0.25, 0.3) is 5.91 Å². The van der Waals surface area contributed by atoms with Gasteiger partial charge in [-0.2, -0.15) is 0 Å². The zero-order chi connectivity index (χ0) is 21.9. The summed E-state index contributed by atoms with van der Waals surface area (Å²) < 4.78 is 0.591. The normalized spacial score (nSPS) is 15.3. The number of hydrogen-bond donors (Lipinski definition) is 2. The molecule has 5 rings (SSSR count). The lowest BCUT2D eigenvalue weighted by molar-refractivity contribution is 0.0755. The molecule has 32 heavy (non-hydrogen) atoms. The van der Waals surface area contributed by atoms with E-state index in [9.17, 15) is 4.79 Å². The second-order valence-corrected chi connectivity index (χ2v) is 9.11. The first-order valence-electron chi connectivity index (χ1n) is 10.1. The van der Waals surface area contributed by atoms with Crippen LogP contribution in [0.15, 0.2) is 78.1 Å². The van der Waals surface area contributed by atoms with E-state index in [-0.39, 0.29) is 12.0 Å². The monoisotopic (exact) mass is 462 g/mol. The molecule has 0 bridgehead atoms. The number of thiophene rings is 1. The molecule has 1 aliphatic rings. The van der Waals surface area contributed by atoms with Gasteiger partial charge in [0.1, 0.15) is 6.10 Å². The van der Waals surface area contributed by atoms with Crippen LogP contribution in [-0.4, -0.2) is 29.3 Å². The van der Waals surface area contributed by atoms with Crippen LogP contribution < -0.4 is 10.6 Å². The minimum Gasteiger partial charge on any atom is -0.390 e. The van der Waals surface area contributed by atoms with Crippen LogP contribution in [-0.2, 0) is 4.84 Å². The SMILES string of the molecule is O=C(NCC1CC(c2ccc(Nc3ccc4ncccc4c3)cc2)=NO1)c1ccc(Cl)s1. The number of nitrogens with zero attached hydrogens (tertiary/aromatic N) is 2. The molecule has 1 aliphatic heterocycles. The number of halogens is 1. The molecule has 2 aromatic heterocycles. The number of oxime groups is 1. The van der Waals surface area contributed by atoms with Crippen molar-refractivity contribution in [2.45, 2.75) is 12.5 Å². The van der Waals surface area contributed by atoms with Gasteiger partial charge in [-0.05, 0) is 54.1 Å². The van der Waals surface area contributed by atoms with Gasteiger partial charge < -0.3 is 15.5 Å². The Hall–Kier alpha value is -3.42. The molecule has 2 aromatic carbocycles. The van der Waals surface area contributed by atoms with Crippen LogP contribution in [0.2, 0.25) is 4.34 Å². The van der Waals surface area contributed by atoms with Gasteiger partial charge in [-0.3, -0.25) is 9.78 Å². The first-order chi connectivity index (χ1) is 15.6. The summed E-state index contributed by atoms with van der Waals surface area (Å²) in [6, 6.07) is 21.6. The Morgan fingerprint density at radius 1 is 1.09 bits per heavy atom. The van der Waals surface area contributed by atoms with Crippen molar-refractivity contribution in [2.24, 2.45) is 5.16 Å². The molecule has 8 heteroatoms. The average Bonchev–Trinajstić information content (AvgIpc) is 3.47. The number of carbonyl (C=O) groups excluding carboxylic acids is 1. The zero-order valence-electron chi connectivity index (χ0n) is 16.9. The van der Waals surface area contributed by atoms with Crippen molar-refractivity contribution in [1.29, 1.82) is 0 Å². The molecule has 1 unspecified atom stereocenters. The summed E-state index contributed by atoms with van der Waals surface area (Å²) in [6.07, 6.45) is 2.24. The van der Waals surface area contributed by atoms with Crippen LogP contribution in [0.1, 0.15) is 21.7 Å². The molecule has 6 nitrogen and oxygen atoms in total. The largest absolute Gasteiger partial charge is 0.390 e. The molecule has 3 heterocycles. The van der Waals surface area contributed by atoms with Gasteiger partial charge in [-0.1, -0.05) is 35.0 Å². The fourth-order valence-electron chi connectivity index (χ4n) is 3.50. The number of carbonyl (C=O) groups is 1. The van der Waals surface area contributed by atoms with Gasteiger partial charge in [0, 0.05) is 29.4 Å². The Morgan fingerprint density at radius 2 is 1.94 bits per heavy atom. The van der Waals surface area contributed by atoms with Gasteiger partial charge in [0.15, 0.2) is 0 Å². The van der Waals surface area contributed by atoms with E-state index in [0.717, 1.165) is 33.6 Å². The number of benzene rings is 2. The fraction of sp³-hybridized carbons (Fsp3) is 0.125. The zero-order valence-corrected chi connectivity index (χ0v) is 18.5. The van der Waals surface area contributed by atoms with Gasteiger partial charge in [0.2, 0.25) is 0 Å². The van der Waals surface area contributed by atoms with Crippen LogP contribution in [0.3, 0.4) is 0 Å². The standard InChI is InChI=1S/C24H19ClN4O2S/c25-23-10-9-22(32-23)24(30)27-14-19-13-21(29-31-19)15-3-5-17(6-4-15)28-18-7-8-20-16(12-18)2-1-11-26-20/h1-12,19,28H,13-14H2,(H,27,30). The fourth-order valence-corrected chi connectivity index (χ4v) is 4.46. The van der Waals surface area contributed by atoms with E-state index >= 15 is 0 Å². The second kappa shape index (κ2) is 8.98. The first-order valence-corrected chi connectivity index (χ1v) is 11.3. The number of hydrogen-bond acceptors (Lipinski definition) is 6. The predicted octanol–water partition coefficient (Wildman–Crippen LogP) is 5.62. The molecule has 2 N–H and O–H groups in total. The van der Waals surface area contributed by atoms with E-state index < -0.39 is 0 Å². The van der Waals surface area contributed by atoms with E-state index in [2.05, 4.69) is 26.8 Å². The highest BCUT2D eigenvalue weighted by atomic mass is 35.5. The summed E-state index contributed by atoms with van der Waals surface area (Å²) >= 11 is 7.14. The third-order valence-electron chi connectivity index (χ3n) is 5.13. The molecular formula is C24H19ClN4O2S. The van der Waals surface area contributed by atoms with Gasteiger partial charge in [-0.15, -0.1) is 11.3 Å². The summed E-state index contributed by atoms with van der Waals surface area (Å²) in [4.78, 5) is 22.6. The van der Waals surface area contributed by atoms with E-state index in [1.165, 1.54) is 11.3 Å². The number of pyridine rings is 1. The van der Waals surface area contributed by atoms with E-state index in [4.69, 9.17) is 16.4 Å². The maximum atomic E-state index is 12.2. The summed E-state index contributed by atoms with van der Waals surface area (Å²) in [6.45, 7) is 0.387. The van der Waals surface area contributed by atoms with Crippen molar-refractivity contribution in [2.75, 3.05) is 11.9 Å². The van der Waals surface area contributed by atoms with E-state index in [0.29, 0.717) is 22.2 Å². The minimum atomic E-state index is -0.187. The van der Waals surface area contributed by atoms with Crippen LogP contribution in [0.5, 0.6) is 0 Å². The summed E-state index contributed by atoms with van der Waals surface area (Å²) in [7, 11) is 0. The quantitative estimate of drug-likeness (QED) is 0.390. The molecule has 0 saturated heterocycles. The smallest absolute Gasteiger partial charge is 0.261 e. The van der Waals surface area contributed by atoms with E-state index in [1.54, 1.807) is 18.3 Å². The Kier molecular flexibility index (Phi) is 5.75. The molecule has 0 saturated carbocycles. The van der Waals surface area contributed by atoms with Crippen molar-refractivity contribution in [3.05, 3.63) is 87.7 Å². The highest BCUT2D eigenvalue weighted by Crippen LogP contribution is 2.24. The van der Waals surface area contributed by atoms with Gasteiger partial charge in [-0.25, -0.2) is 0 Å². The molecule has 1 amide bonds. The molecule has 160 valence electrons. The van der Waals surface area contributed by atoms with Crippen LogP contribution in [0, 0.1) is 0 Å². The summed E-state index contributed by atoms with van der Waals surface area (Å²) in [5.74, 6) is -0.154. The van der Waals surface area contributed by atoms with Gasteiger partial charge >= 0.3 is 0 Å². The van der Waals surface area contributed by atoms with Crippen molar-refractivity contribution in [3.63, 3.8) is 0 Å². The molecule has 0 radical (unpaired) electrons. The van der Waals surface area contributed by atoms with Crippen molar-refractivity contribution in [3.8, 4) is 0 Å². The number of aromatic nitrogens is 1. The molecule has 0 fully saturated rings. The van der Waals surface area contributed by atoms with Crippen molar-refractivity contribution < 1.29 is 9.63 Å². The lowest BCUT2D eigenvalue weighted by Gasteiger charge is -2.09. The van der Waals surface area contributed by atoms with Gasteiger partial charge in [0.05, 0.1) is 27.0 Å². The maximum absolute atomic E-state index is 12.2. The van der Waals surface area contributed by atoms with Crippen molar-refractivity contribution in [1.82, 2.24) is 10.3 Å². The third kappa shape index (κ3) is 4.59. The van der Waals surface area contributed by atoms with Crippen LogP contribution >= 0.6 is 22.9 Å². The third-order valence-corrected chi connectivity index (χ3v) is 6.36. The molecular weight excluding hydrogens is 444 g/mol. The maximum Gasteiger partial charge on any atom is 0.261 e. The van der Waals surface area contributed by atoms with Crippen LogP contribution in [0.25, 0.3) is 10.9 Å². The number of amides is 1. The average molecular weight is 463 g/mol. The molecule has 0 spiro atoms. The van der Waals surface area contributed by atoms with E-state index in [1.807, 2.05) is 48.5 Å². The molecule has 4 aromatic rings. The number of anilines is 2. The highest BCUT2D eigenvalue weighted by molar-refractivity contribution is 7.18. The van der Waals surface area contributed by atoms with Crippen molar-refractivity contribution >= 4 is 56.8 Å². The van der Waals surface area contributed by atoms with Crippen LogP contribution in [0.4, 0.5) is 11.4 Å². The Bertz CT molecular complexity index is 1300. The highest BCUT2D eigenvalue weighted by Gasteiger charge is 2.23. The Morgan fingerprint density at radius 3 is 2.75 bits per heavy atom. The molecule has 1 atom stereocenters. The predicted molar refractivity (Wildman–Crippen MR) is 129 cm³/mol. The summed E-state index contributed by atoms with van der Waals surface area (Å²) in [5.41, 5.74) is 4.82. The lowest BCUT2D eigenvalue weighted by atomic mass is 10.0. The second-order valence-electron chi connectivity index (χ2n) is 7.40. The first kappa shape index (κ1) is 20.5. The number of nitrogens with one attached hydrogen (secondary N) is 2. The Labute approximate surface area is 193 Å². The summed E-state index contributed by atoms with van der Waals surface area (Å²) in [5, 5.41) is 11.6. The lowest BCUT2D eigenvalue weighted by Crippen LogP contribution is -2.31. The Balaban J connectivity index is 1.16. The number of fused-ring (bicyclic) bond motifs is 1. The number of rotatable bonds is 6. The topological polar surface area (TPSA) is 75.6 Å². The minimum absolute atomic E-state index is 0.154.